The average molecular weight is 389 g/mol. The third-order valence-electron chi connectivity index (χ3n) is 5.16. The number of H-pyrrole nitrogens is 2. The number of rotatable bonds is 3. The van der Waals surface area contributed by atoms with Crippen LogP contribution in [-0.2, 0) is 0 Å². The van der Waals surface area contributed by atoms with Crippen molar-refractivity contribution >= 4 is 21.8 Å². The van der Waals surface area contributed by atoms with Crippen molar-refractivity contribution in [1.82, 2.24) is 35.1 Å². The molecule has 6 aromatic rings. The molecular weight excluding hydrogens is 374 g/mol. The third kappa shape index (κ3) is 2.64. The molecule has 0 amide bonds. The summed E-state index contributed by atoms with van der Waals surface area (Å²) in [6, 6.07) is 13.9. The molecule has 0 aliphatic rings. The number of aromatic amines is 2. The summed E-state index contributed by atoms with van der Waals surface area (Å²) >= 11 is 0. The van der Waals surface area contributed by atoms with Gasteiger partial charge in [-0.05, 0) is 42.5 Å². The van der Waals surface area contributed by atoms with Crippen LogP contribution in [0.15, 0.2) is 79.6 Å². The van der Waals surface area contributed by atoms with E-state index in [4.69, 9.17) is 0 Å². The first-order valence-electron chi connectivity index (χ1n) is 9.50. The summed E-state index contributed by atoms with van der Waals surface area (Å²) in [4.78, 5) is 20.9. The van der Waals surface area contributed by atoms with Crippen LogP contribution in [-0.4, -0.2) is 35.1 Å². The molecule has 0 aromatic carbocycles. The molecule has 0 unspecified atom stereocenters. The van der Waals surface area contributed by atoms with E-state index >= 15 is 0 Å². The monoisotopic (exact) mass is 389 g/mol. The minimum atomic E-state index is 0.842. The fourth-order valence-corrected chi connectivity index (χ4v) is 3.72. The SMILES string of the molecule is c1cncc(-c2cc3c(-c4cc5c(-c6ccncc6)nccc5[nH]4)n[nH]c3cn2)c1. The molecule has 0 fully saturated rings. The molecule has 2 N–H and O–H groups in total. The molecule has 0 atom stereocenters. The molecule has 0 radical (unpaired) electrons. The van der Waals surface area contributed by atoms with Crippen LogP contribution in [0.5, 0.6) is 0 Å². The Morgan fingerprint density at radius 2 is 1.57 bits per heavy atom. The van der Waals surface area contributed by atoms with Gasteiger partial charge in [-0.15, -0.1) is 0 Å². The van der Waals surface area contributed by atoms with Crippen LogP contribution in [0.2, 0.25) is 0 Å². The van der Waals surface area contributed by atoms with Crippen LogP contribution < -0.4 is 0 Å². The summed E-state index contributed by atoms with van der Waals surface area (Å²) in [7, 11) is 0. The minimum absolute atomic E-state index is 0.842. The molecule has 7 heteroatoms. The van der Waals surface area contributed by atoms with Crippen LogP contribution in [0.1, 0.15) is 0 Å². The first kappa shape index (κ1) is 16.6. The number of hydrogen-bond donors (Lipinski definition) is 2. The number of pyridine rings is 4. The van der Waals surface area contributed by atoms with Gasteiger partial charge in [-0.3, -0.25) is 25.0 Å². The lowest BCUT2D eigenvalue weighted by Gasteiger charge is -2.01. The highest BCUT2D eigenvalue weighted by atomic mass is 15.1. The molecule has 142 valence electrons. The van der Waals surface area contributed by atoms with Gasteiger partial charge in [0.1, 0.15) is 5.69 Å². The second-order valence-corrected chi connectivity index (χ2v) is 6.97. The van der Waals surface area contributed by atoms with Gasteiger partial charge in [-0.25, -0.2) is 0 Å². The van der Waals surface area contributed by atoms with Crippen molar-refractivity contribution in [3.63, 3.8) is 0 Å². The summed E-state index contributed by atoms with van der Waals surface area (Å²) in [5.74, 6) is 0. The normalized spacial score (nSPS) is 11.3. The molecule has 0 aliphatic carbocycles. The van der Waals surface area contributed by atoms with Gasteiger partial charge in [0.15, 0.2) is 0 Å². The zero-order valence-electron chi connectivity index (χ0n) is 15.7. The van der Waals surface area contributed by atoms with Crippen LogP contribution in [0.3, 0.4) is 0 Å². The van der Waals surface area contributed by atoms with E-state index in [1.807, 2.05) is 48.8 Å². The van der Waals surface area contributed by atoms with E-state index in [9.17, 15) is 0 Å². The maximum Gasteiger partial charge on any atom is 0.116 e. The second-order valence-electron chi connectivity index (χ2n) is 6.97. The highest BCUT2D eigenvalue weighted by Gasteiger charge is 2.15. The molecule has 0 aliphatic heterocycles. The average Bonchev–Trinajstić information content (AvgIpc) is 3.43. The molecule has 0 bridgehead atoms. The van der Waals surface area contributed by atoms with Gasteiger partial charge in [0.2, 0.25) is 0 Å². The largest absolute Gasteiger partial charge is 0.353 e. The second kappa shape index (κ2) is 6.59. The summed E-state index contributed by atoms with van der Waals surface area (Å²) in [5.41, 5.74) is 7.40. The van der Waals surface area contributed by atoms with Gasteiger partial charge in [0.05, 0.1) is 28.8 Å². The summed E-state index contributed by atoms with van der Waals surface area (Å²) in [6.45, 7) is 0. The Hall–Kier alpha value is -4.39. The topological polar surface area (TPSA) is 96.0 Å². The molecule has 7 nitrogen and oxygen atoms in total. The van der Waals surface area contributed by atoms with Crippen LogP contribution >= 0.6 is 0 Å². The zero-order valence-corrected chi connectivity index (χ0v) is 15.7. The molecule has 0 spiro atoms. The first-order chi connectivity index (χ1) is 14.9. The van der Waals surface area contributed by atoms with Crippen molar-refractivity contribution in [3.8, 4) is 33.9 Å². The Morgan fingerprint density at radius 1 is 0.667 bits per heavy atom. The molecule has 0 saturated heterocycles. The Morgan fingerprint density at radius 3 is 2.43 bits per heavy atom. The number of nitrogens with zero attached hydrogens (tertiary/aromatic N) is 5. The number of nitrogens with one attached hydrogen (secondary N) is 2. The van der Waals surface area contributed by atoms with E-state index in [1.165, 1.54) is 0 Å². The van der Waals surface area contributed by atoms with Gasteiger partial charge in [0, 0.05) is 58.4 Å². The fraction of sp³-hybridized carbons (Fsp3) is 0. The maximum absolute atomic E-state index is 4.59. The van der Waals surface area contributed by atoms with Gasteiger partial charge in [0.25, 0.3) is 0 Å². The van der Waals surface area contributed by atoms with Crippen molar-refractivity contribution in [2.24, 2.45) is 0 Å². The smallest absolute Gasteiger partial charge is 0.116 e. The minimum Gasteiger partial charge on any atom is -0.353 e. The van der Waals surface area contributed by atoms with E-state index in [-0.39, 0.29) is 0 Å². The van der Waals surface area contributed by atoms with Gasteiger partial charge in [-0.1, -0.05) is 0 Å². The molecule has 30 heavy (non-hydrogen) atoms. The first-order valence-corrected chi connectivity index (χ1v) is 9.50. The van der Waals surface area contributed by atoms with Crippen molar-refractivity contribution in [2.75, 3.05) is 0 Å². The Bertz CT molecular complexity index is 1480. The predicted molar refractivity (Wildman–Crippen MR) is 115 cm³/mol. The Labute approximate surface area is 170 Å². The molecule has 6 aromatic heterocycles. The van der Waals surface area contributed by atoms with Crippen LogP contribution in [0, 0.1) is 0 Å². The fourth-order valence-electron chi connectivity index (χ4n) is 3.72. The zero-order chi connectivity index (χ0) is 19.9. The molecule has 6 heterocycles. The predicted octanol–water partition coefficient (Wildman–Crippen LogP) is 4.63. The van der Waals surface area contributed by atoms with Crippen molar-refractivity contribution in [2.45, 2.75) is 0 Å². The van der Waals surface area contributed by atoms with Crippen molar-refractivity contribution in [1.29, 1.82) is 0 Å². The number of fused-ring (bicyclic) bond motifs is 2. The lowest BCUT2D eigenvalue weighted by molar-refractivity contribution is 1.11. The quantitative estimate of drug-likeness (QED) is 0.460. The van der Waals surface area contributed by atoms with E-state index in [0.717, 1.165) is 55.7 Å². The number of aromatic nitrogens is 7. The maximum atomic E-state index is 4.59. The summed E-state index contributed by atoms with van der Waals surface area (Å²) < 4.78 is 0. The highest BCUT2D eigenvalue weighted by Crippen LogP contribution is 2.33. The van der Waals surface area contributed by atoms with Gasteiger partial charge in [-0.2, -0.15) is 5.10 Å². The van der Waals surface area contributed by atoms with E-state index in [1.54, 1.807) is 24.8 Å². The van der Waals surface area contributed by atoms with Crippen molar-refractivity contribution < 1.29 is 0 Å². The van der Waals surface area contributed by atoms with E-state index < -0.39 is 0 Å². The summed E-state index contributed by atoms with van der Waals surface area (Å²) in [6.07, 6.45) is 10.7. The lowest BCUT2D eigenvalue weighted by atomic mass is 10.1. The van der Waals surface area contributed by atoms with Crippen LogP contribution in [0.4, 0.5) is 0 Å². The van der Waals surface area contributed by atoms with E-state index in [2.05, 4.69) is 41.2 Å². The standard InChI is InChI=1S/C23H15N7/c1-2-15(12-25-6-1)19-10-17-21(13-27-19)29-30-23(17)20-11-16-18(28-20)5-9-26-22(16)14-3-7-24-8-4-14/h1-13,28H,(H,29,30). The van der Waals surface area contributed by atoms with E-state index in [0.29, 0.717) is 0 Å². The van der Waals surface area contributed by atoms with Crippen LogP contribution in [0.25, 0.3) is 55.7 Å². The third-order valence-corrected chi connectivity index (χ3v) is 5.16. The van der Waals surface area contributed by atoms with Gasteiger partial charge < -0.3 is 4.98 Å². The molecular formula is C23H15N7. The highest BCUT2D eigenvalue weighted by molar-refractivity contribution is 6.00. The van der Waals surface area contributed by atoms with Crippen molar-refractivity contribution in [3.05, 3.63) is 79.6 Å². The Balaban J connectivity index is 1.52. The Kier molecular flexibility index (Phi) is 3.64. The number of hydrogen-bond acceptors (Lipinski definition) is 5. The lowest BCUT2D eigenvalue weighted by Crippen LogP contribution is -1.85. The summed E-state index contributed by atoms with van der Waals surface area (Å²) in [5, 5.41) is 9.67. The molecule has 6 rings (SSSR count). The molecule has 0 saturated carbocycles. The van der Waals surface area contributed by atoms with Gasteiger partial charge >= 0.3 is 0 Å².